The summed E-state index contributed by atoms with van der Waals surface area (Å²) in [5.74, 6) is 2.43. The number of hydrogen-bond donors (Lipinski definition) is 0. The number of para-hydroxylation sites is 1. The Balaban J connectivity index is 1.16. The highest BCUT2D eigenvalue weighted by Crippen LogP contribution is 2.39. The van der Waals surface area contributed by atoms with E-state index in [1.165, 1.54) is 5.56 Å². The maximum absolute atomic E-state index is 6.56. The molecule has 0 aliphatic rings. The Morgan fingerprint density at radius 1 is 0.490 bits per heavy atom. The zero-order valence-electron chi connectivity index (χ0n) is 27.6. The molecule has 242 valence electrons. The summed E-state index contributed by atoms with van der Waals surface area (Å²) < 4.78 is 6.56. The Labute approximate surface area is 299 Å². The van der Waals surface area contributed by atoms with E-state index in [9.17, 15) is 0 Å². The maximum atomic E-state index is 6.56. The Morgan fingerprint density at radius 2 is 1.10 bits per heavy atom. The minimum atomic E-state index is 0.590. The van der Waals surface area contributed by atoms with Crippen LogP contribution >= 0.6 is 11.8 Å². The van der Waals surface area contributed by atoms with Gasteiger partial charge >= 0.3 is 0 Å². The van der Waals surface area contributed by atoms with Crippen LogP contribution in [0.2, 0.25) is 0 Å². The van der Waals surface area contributed by atoms with Crippen LogP contribution < -0.4 is 0 Å². The third-order valence-corrected chi connectivity index (χ3v) is 9.77. The van der Waals surface area contributed by atoms with Crippen LogP contribution in [0.1, 0.15) is 5.56 Å². The molecular weight excluding hydrogens is 647 g/mol. The maximum Gasteiger partial charge on any atom is 0.164 e. The smallest absolute Gasteiger partial charge is 0.164 e. The molecule has 0 atom stereocenters. The van der Waals surface area contributed by atoms with Gasteiger partial charge in [-0.25, -0.2) is 24.9 Å². The van der Waals surface area contributed by atoms with Crippen molar-refractivity contribution < 1.29 is 4.42 Å². The predicted octanol–water partition coefficient (Wildman–Crippen LogP) is 11.4. The van der Waals surface area contributed by atoms with E-state index in [1.54, 1.807) is 11.8 Å². The summed E-state index contributed by atoms with van der Waals surface area (Å²) in [5, 5.41) is 1.93. The Hall–Kier alpha value is -6.44. The van der Waals surface area contributed by atoms with Gasteiger partial charge in [0.2, 0.25) is 0 Å². The van der Waals surface area contributed by atoms with Gasteiger partial charge in [0, 0.05) is 44.1 Å². The molecule has 0 radical (unpaired) electrons. The van der Waals surface area contributed by atoms with Gasteiger partial charge < -0.3 is 4.42 Å². The zero-order chi connectivity index (χ0) is 34.1. The molecule has 7 heteroatoms. The highest BCUT2D eigenvalue weighted by atomic mass is 32.2. The molecule has 0 saturated carbocycles. The van der Waals surface area contributed by atoms with Crippen LogP contribution in [0, 0.1) is 6.92 Å². The molecule has 0 fully saturated rings. The highest BCUT2D eigenvalue weighted by Gasteiger charge is 2.19. The summed E-state index contributed by atoms with van der Waals surface area (Å²) in [5.41, 5.74) is 8.15. The van der Waals surface area contributed by atoms with Crippen LogP contribution in [-0.2, 0) is 0 Å². The van der Waals surface area contributed by atoms with Crippen molar-refractivity contribution in [1.29, 1.82) is 0 Å². The number of fused-ring (bicyclic) bond motifs is 3. The van der Waals surface area contributed by atoms with Crippen molar-refractivity contribution in [3.8, 4) is 56.8 Å². The second kappa shape index (κ2) is 13.1. The predicted molar refractivity (Wildman–Crippen MR) is 205 cm³/mol. The van der Waals surface area contributed by atoms with Gasteiger partial charge in [0.15, 0.2) is 23.3 Å². The van der Waals surface area contributed by atoms with E-state index in [2.05, 4.69) is 55.5 Å². The molecular formula is C44H29N5OS. The number of aryl methyl sites for hydroxylation is 1. The first-order valence-electron chi connectivity index (χ1n) is 16.7. The Kier molecular flexibility index (Phi) is 7.87. The molecule has 9 aromatic rings. The highest BCUT2D eigenvalue weighted by molar-refractivity contribution is 7.99. The van der Waals surface area contributed by atoms with Gasteiger partial charge in [-0.2, -0.15) is 0 Å². The van der Waals surface area contributed by atoms with Crippen LogP contribution in [0.5, 0.6) is 0 Å². The number of rotatable bonds is 7. The molecule has 0 aliphatic carbocycles. The summed E-state index contributed by atoms with van der Waals surface area (Å²) >= 11 is 1.66. The molecule has 3 heterocycles. The van der Waals surface area contributed by atoms with Gasteiger partial charge in [0.1, 0.15) is 11.2 Å². The van der Waals surface area contributed by atoms with Crippen LogP contribution in [0.3, 0.4) is 0 Å². The van der Waals surface area contributed by atoms with E-state index in [1.807, 2.05) is 109 Å². The molecule has 0 N–H and O–H groups in total. The second-order valence-corrected chi connectivity index (χ2v) is 13.3. The lowest BCUT2D eigenvalue weighted by atomic mass is 10.1. The topological polar surface area (TPSA) is 77.6 Å². The largest absolute Gasteiger partial charge is 0.455 e. The third-order valence-electron chi connectivity index (χ3n) is 8.75. The van der Waals surface area contributed by atoms with Crippen LogP contribution in [0.25, 0.3) is 78.7 Å². The number of aromatic nitrogens is 5. The summed E-state index contributed by atoms with van der Waals surface area (Å²) in [4.78, 5) is 26.9. The van der Waals surface area contributed by atoms with E-state index in [-0.39, 0.29) is 0 Å². The average Bonchev–Trinajstić information content (AvgIpc) is 3.58. The van der Waals surface area contributed by atoms with Crippen molar-refractivity contribution in [1.82, 2.24) is 24.9 Å². The number of benzene rings is 6. The van der Waals surface area contributed by atoms with E-state index < -0.39 is 0 Å². The zero-order valence-corrected chi connectivity index (χ0v) is 28.4. The number of nitrogens with zero attached hydrogens (tertiary/aromatic N) is 5. The second-order valence-electron chi connectivity index (χ2n) is 12.2. The minimum Gasteiger partial charge on any atom is -0.455 e. The molecule has 0 unspecified atom stereocenters. The lowest BCUT2D eigenvalue weighted by Gasteiger charge is -2.11. The normalized spacial score (nSPS) is 11.3. The van der Waals surface area contributed by atoms with Crippen LogP contribution in [0.15, 0.2) is 172 Å². The van der Waals surface area contributed by atoms with Crippen molar-refractivity contribution in [3.63, 3.8) is 0 Å². The quantitative estimate of drug-likeness (QED) is 0.166. The standard InChI is InChI=1S/C44H29N5OS/c1-28-20-22-29(23-21-28)39-38(51-33-16-9-4-10-17-33)27-45-44(46-39)35-19-11-18-34-36-26-32(24-25-37(36)50-40(34)35)43-48-41(30-12-5-2-6-13-30)47-42(49-43)31-14-7-3-8-15-31/h2-27H,1H3. The molecule has 0 amide bonds. The summed E-state index contributed by atoms with van der Waals surface area (Å²) in [6.45, 7) is 2.09. The van der Waals surface area contributed by atoms with Gasteiger partial charge in [0.05, 0.1) is 16.2 Å². The van der Waals surface area contributed by atoms with Gasteiger partial charge in [-0.15, -0.1) is 0 Å². The Bertz CT molecular complexity index is 2600. The molecule has 51 heavy (non-hydrogen) atoms. The van der Waals surface area contributed by atoms with Gasteiger partial charge in [-0.3, -0.25) is 0 Å². The molecule has 0 saturated heterocycles. The van der Waals surface area contributed by atoms with Gasteiger partial charge in [-0.05, 0) is 43.3 Å². The van der Waals surface area contributed by atoms with Gasteiger partial charge in [0.25, 0.3) is 0 Å². The van der Waals surface area contributed by atoms with Crippen molar-refractivity contribution in [3.05, 3.63) is 163 Å². The molecule has 0 spiro atoms. The first-order valence-corrected chi connectivity index (χ1v) is 17.5. The fourth-order valence-corrected chi connectivity index (χ4v) is 7.07. The summed E-state index contributed by atoms with van der Waals surface area (Å²) in [6, 6.07) is 51.0. The summed E-state index contributed by atoms with van der Waals surface area (Å²) in [7, 11) is 0. The first-order chi connectivity index (χ1) is 25.2. The lowest BCUT2D eigenvalue weighted by Crippen LogP contribution is -2.00. The summed E-state index contributed by atoms with van der Waals surface area (Å²) in [6.07, 6.45) is 1.92. The molecule has 3 aromatic heterocycles. The van der Waals surface area contributed by atoms with Crippen LogP contribution in [-0.4, -0.2) is 24.9 Å². The van der Waals surface area contributed by atoms with Gasteiger partial charge in [-0.1, -0.05) is 133 Å². The van der Waals surface area contributed by atoms with Crippen LogP contribution in [0.4, 0.5) is 0 Å². The molecule has 6 nitrogen and oxygen atoms in total. The molecule has 6 aromatic carbocycles. The van der Waals surface area contributed by atoms with E-state index in [4.69, 9.17) is 29.3 Å². The number of hydrogen-bond acceptors (Lipinski definition) is 7. The van der Waals surface area contributed by atoms with Crippen molar-refractivity contribution in [2.24, 2.45) is 0 Å². The fourth-order valence-electron chi connectivity index (χ4n) is 6.16. The number of furan rings is 1. The molecule has 9 rings (SSSR count). The van der Waals surface area contributed by atoms with Crippen molar-refractivity contribution in [2.45, 2.75) is 16.7 Å². The molecule has 0 aliphatic heterocycles. The average molecular weight is 676 g/mol. The minimum absolute atomic E-state index is 0.590. The lowest BCUT2D eigenvalue weighted by molar-refractivity contribution is 0.669. The SMILES string of the molecule is Cc1ccc(-c2nc(-c3cccc4c3oc3ccc(-c5nc(-c6ccccc6)nc(-c6ccccc6)n5)cc34)ncc2Sc2ccccc2)cc1. The Morgan fingerprint density at radius 3 is 1.76 bits per heavy atom. The first kappa shape index (κ1) is 30.6. The van der Waals surface area contributed by atoms with E-state index in [0.29, 0.717) is 23.3 Å². The molecule has 0 bridgehead atoms. The van der Waals surface area contributed by atoms with Crippen molar-refractivity contribution >= 4 is 33.7 Å². The third kappa shape index (κ3) is 6.05. The fraction of sp³-hybridized carbons (Fsp3) is 0.0227. The monoisotopic (exact) mass is 675 g/mol. The van der Waals surface area contributed by atoms with Crippen molar-refractivity contribution in [2.75, 3.05) is 0 Å². The van der Waals surface area contributed by atoms with E-state index in [0.717, 1.165) is 65.2 Å². The van der Waals surface area contributed by atoms with E-state index >= 15 is 0 Å².